The van der Waals surface area contributed by atoms with Crippen LogP contribution in [0.4, 0.5) is 10.1 Å². The Bertz CT molecular complexity index is 384. The maximum atomic E-state index is 13.1. The van der Waals surface area contributed by atoms with Crippen molar-refractivity contribution in [3.05, 3.63) is 39.7 Å². The average Bonchev–Trinajstić information content (AvgIpc) is 2.25. The first-order valence-corrected chi connectivity index (χ1v) is 6.02. The van der Waals surface area contributed by atoms with Crippen molar-refractivity contribution < 1.29 is 9.31 Å². The molecule has 0 saturated heterocycles. The summed E-state index contributed by atoms with van der Waals surface area (Å²) in [5, 5.41) is 10.5. The van der Waals surface area contributed by atoms with E-state index in [1.165, 1.54) is 12.1 Å². The number of hydrogen-bond acceptors (Lipinski definition) is 2. The fourth-order valence-corrected chi connectivity index (χ4v) is 1.64. The number of hydrogen-bond donors (Lipinski definition) is 0. The van der Waals surface area contributed by atoms with Gasteiger partial charge >= 0.3 is 0 Å². The van der Waals surface area contributed by atoms with E-state index < -0.39 is 10.7 Å². The molecular weight excluding hydrogens is 277 g/mol. The highest BCUT2D eigenvalue weighted by Crippen LogP contribution is 2.19. The fourth-order valence-electron chi connectivity index (χ4n) is 1.41. The Labute approximate surface area is 102 Å². The highest BCUT2D eigenvalue weighted by atomic mass is 79.9. The largest absolute Gasteiger partial charge is 0.272 e. The van der Waals surface area contributed by atoms with Gasteiger partial charge in [-0.2, -0.15) is 0 Å². The number of nitro groups is 1. The van der Waals surface area contributed by atoms with Gasteiger partial charge in [-0.1, -0.05) is 22.9 Å². The predicted octanol–water partition coefficient (Wildman–Crippen LogP) is 3.84. The molecule has 1 rings (SSSR count). The molecule has 5 heteroatoms. The Morgan fingerprint density at radius 2 is 2.19 bits per heavy atom. The van der Waals surface area contributed by atoms with Gasteiger partial charge in [-0.25, -0.2) is 4.39 Å². The molecule has 1 atom stereocenters. The molecule has 0 aromatic heterocycles. The molecule has 1 unspecified atom stereocenters. The Hall–Kier alpha value is -0.970. The van der Waals surface area contributed by atoms with Crippen LogP contribution < -0.4 is 0 Å². The third kappa shape index (κ3) is 3.89. The minimum Gasteiger partial charge on any atom is -0.258 e. The van der Waals surface area contributed by atoms with E-state index in [1.54, 1.807) is 0 Å². The monoisotopic (exact) mass is 289 g/mol. The summed E-state index contributed by atoms with van der Waals surface area (Å²) in [6.45, 7) is 2.05. The van der Waals surface area contributed by atoms with Crippen LogP contribution in [0.15, 0.2) is 18.2 Å². The van der Waals surface area contributed by atoms with Crippen LogP contribution in [-0.4, -0.2) is 9.75 Å². The first-order valence-electron chi connectivity index (χ1n) is 5.11. The van der Waals surface area contributed by atoms with Crippen LogP contribution in [0.1, 0.15) is 25.3 Å². The highest BCUT2D eigenvalue weighted by Gasteiger charge is 2.10. The molecule has 0 amide bonds. The first kappa shape index (κ1) is 13.1. The van der Waals surface area contributed by atoms with Crippen molar-refractivity contribution in [3.63, 3.8) is 0 Å². The molecule has 88 valence electrons. The molecule has 16 heavy (non-hydrogen) atoms. The molecule has 1 aromatic rings. The smallest absolute Gasteiger partial charge is 0.258 e. The molecule has 3 nitrogen and oxygen atoms in total. The van der Waals surface area contributed by atoms with Gasteiger partial charge in [-0.05, 0) is 30.9 Å². The third-order valence-electron chi connectivity index (χ3n) is 2.34. The molecule has 0 saturated carbocycles. The Morgan fingerprint density at radius 3 is 2.75 bits per heavy atom. The number of halogens is 2. The van der Waals surface area contributed by atoms with E-state index in [2.05, 4.69) is 15.9 Å². The number of alkyl halides is 1. The maximum absolute atomic E-state index is 13.1. The minimum atomic E-state index is -0.571. The standard InChI is InChI=1S/C11H13BrFNO2/c1-2-9(12)4-3-8-5-10(13)7-11(6-8)14(15)16/h5-7,9H,2-4H2,1H3. The summed E-state index contributed by atoms with van der Waals surface area (Å²) in [6.07, 6.45) is 2.47. The van der Waals surface area contributed by atoms with E-state index in [1.807, 2.05) is 6.92 Å². The van der Waals surface area contributed by atoms with Crippen molar-refractivity contribution >= 4 is 21.6 Å². The van der Waals surface area contributed by atoms with E-state index >= 15 is 0 Å². The van der Waals surface area contributed by atoms with Crippen molar-refractivity contribution in [1.82, 2.24) is 0 Å². The molecule has 0 bridgehead atoms. The lowest BCUT2D eigenvalue weighted by Crippen LogP contribution is -1.99. The normalized spacial score (nSPS) is 12.4. The van der Waals surface area contributed by atoms with E-state index in [0.717, 1.165) is 18.9 Å². The van der Waals surface area contributed by atoms with Gasteiger partial charge in [-0.15, -0.1) is 0 Å². The van der Waals surface area contributed by atoms with E-state index in [4.69, 9.17) is 0 Å². The fraction of sp³-hybridized carbons (Fsp3) is 0.455. The molecule has 0 aliphatic rings. The average molecular weight is 290 g/mol. The second-order valence-corrected chi connectivity index (χ2v) is 4.91. The lowest BCUT2D eigenvalue weighted by molar-refractivity contribution is -0.385. The summed E-state index contributed by atoms with van der Waals surface area (Å²) in [5.74, 6) is -0.549. The predicted molar refractivity (Wildman–Crippen MR) is 64.4 cm³/mol. The summed E-state index contributed by atoms with van der Waals surface area (Å²) < 4.78 is 13.1. The highest BCUT2D eigenvalue weighted by molar-refractivity contribution is 9.09. The summed E-state index contributed by atoms with van der Waals surface area (Å²) >= 11 is 3.47. The zero-order valence-electron chi connectivity index (χ0n) is 8.95. The molecule has 0 radical (unpaired) electrons. The zero-order chi connectivity index (χ0) is 12.1. The van der Waals surface area contributed by atoms with E-state index in [0.29, 0.717) is 16.8 Å². The number of rotatable bonds is 5. The van der Waals surface area contributed by atoms with Gasteiger partial charge in [0.1, 0.15) is 5.82 Å². The number of nitro benzene ring substituents is 1. The summed E-state index contributed by atoms with van der Waals surface area (Å²) in [5.41, 5.74) is 0.488. The van der Waals surface area contributed by atoms with E-state index in [9.17, 15) is 14.5 Å². The number of aryl methyl sites for hydroxylation is 1. The van der Waals surface area contributed by atoms with Crippen LogP contribution >= 0.6 is 15.9 Å². The van der Waals surface area contributed by atoms with Crippen LogP contribution in [-0.2, 0) is 6.42 Å². The van der Waals surface area contributed by atoms with Gasteiger partial charge in [0.2, 0.25) is 0 Å². The summed E-state index contributed by atoms with van der Waals surface area (Å²) in [4.78, 5) is 10.3. The van der Waals surface area contributed by atoms with Crippen LogP contribution in [0.25, 0.3) is 0 Å². The Kier molecular flexibility index (Phi) is 4.86. The van der Waals surface area contributed by atoms with Crippen molar-refractivity contribution in [1.29, 1.82) is 0 Å². The number of non-ortho nitro benzene ring substituents is 1. The van der Waals surface area contributed by atoms with Crippen LogP contribution in [0.3, 0.4) is 0 Å². The molecule has 0 aliphatic carbocycles. The van der Waals surface area contributed by atoms with Crippen LogP contribution in [0.5, 0.6) is 0 Å². The van der Waals surface area contributed by atoms with Crippen molar-refractivity contribution in [2.45, 2.75) is 31.0 Å². The van der Waals surface area contributed by atoms with Crippen LogP contribution in [0, 0.1) is 15.9 Å². The summed E-state index contributed by atoms with van der Waals surface area (Å²) in [6, 6.07) is 3.72. The number of nitrogens with zero attached hydrogens (tertiary/aromatic N) is 1. The second kappa shape index (κ2) is 5.94. The Morgan fingerprint density at radius 1 is 1.50 bits per heavy atom. The second-order valence-electron chi connectivity index (χ2n) is 3.62. The number of benzene rings is 1. The van der Waals surface area contributed by atoms with Crippen molar-refractivity contribution in [3.8, 4) is 0 Å². The molecule has 0 N–H and O–H groups in total. The van der Waals surface area contributed by atoms with Gasteiger partial charge in [0.15, 0.2) is 0 Å². The SMILES string of the molecule is CCC(Br)CCc1cc(F)cc([N+](=O)[O-])c1. The minimum absolute atomic E-state index is 0.183. The lowest BCUT2D eigenvalue weighted by Gasteiger charge is -2.06. The van der Waals surface area contributed by atoms with Gasteiger partial charge in [0.05, 0.1) is 11.0 Å². The van der Waals surface area contributed by atoms with Crippen molar-refractivity contribution in [2.24, 2.45) is 0 Å². The van der Waals surface area contributed by atoms with Gasteiger partial charge in [0.25, 0.3) is 5.69 Å². The van der Waals surface area contributed by atoms with E-state index in [-0.39, 0.29) is 5.69 Å². The lowest BCUT2D eigenvalue weighted by atomic mass is 10.1. The van der Waals surface area contributed by atoms with Crippen LogP contribution in [0.2, 0.25) is 0 Å². The van der Waals surface area contributed by atoms with Crippen molar-refractivity contribution in [2.75, 3.05) is 0 Å². The first-order chi connectivity index (χ1) is 7.52. The molecule has 0 aliphatic heterocycles. The molecule has 1 aromatic carbocycles. The van der Waals surface area contributed by atoms with Gasteiger partial charge in [0, 0.05) is 10.9 Å². The molecule has 0 heterocycles. The summed E-state index contributed by atoms with van der Waals surface area (Å²) in [7, 11) is 0. The van der Waals surface area contributed by atoms with Gasteiger partial charge in [-0.3, -0.25) is 10.1 Å². The molecule has 0 spiro atoms. The van der Waals surface area contributed by atoms with Gasteiger partial charge < -0.3 is 0 Å². The zero-order valence-corrected chi connectivity index (χ0v) is 10.5. The quantitative estimate of drug-likeness (QED) is 0.470. The third-order valence-corrected chi connectivity index (χ3v) is 3.45. The Balaban J connectivity index is 2.76. The molecule has 0 fully saturated rings. The molecular formula is C11H13BrFNO2. The maximum Gasteiger partial charge on any atom is 0.272 e. The topological polar surface area (TPSA) is 43.1 Å².